The topological polar surface area (TPSA) is 106 Å². The summed E-state index contributed by atoms with van der Waals surface area (Å²) in [7, 11) is -1.35. The van der Waals surface area contributed by atoms with Gasteiger partial charge in [0.15, 0.2) is 0 Å². The monoisotopic (exact) mass is 330 g/mol. The molecular weight excluding hydrogens is 312 g/mol. The molecule has 0 aliphatic carbocycles. The summed E-state index contributed by atoms with van der Waals surface area (Å²) >= 11 is 0. The lowest BCUT2D eigenvalue weighted by Crippen LogP contribution is -2.51. The van der Waals surface area contributed by atoms with Gasteiger partial charge in [-0.2, -0.15) is 4.31 Å². The Morgan fingerprint density at radius 2 is 2.09 bits per heavy atom. The molecule has 2 rings (SSSR count). The van der Waals surface area contributed by atoms with Crippen molar-refractivity contribution in [3.8, 4) is 0 Å². The number of furan rings is 1. The van der Waals surface area contributed by atoms with Gasteiger partial charge in [0, 0.05) is 13.6 Å². The summed E-state index contributed by atoms with van der Waals surface area (Å²) < 4.78 is 36.0. The fourth-order valence-electron chi connectivity index (χ4n) is 2.41. The van der Waals surface area contributed by atoms with Gasteiger partial charge in [-0.05, 0) is 25.0 Å². The molecule has 0 unspecified atom stereocenters. The highest BCUT2D eigenvalue weighted by Gasteiger charge is 2.39. The van der Waals surface area contributed by atoms with Crippen LogP contribution in [0.5, 0.6) is 0 Å². The number of nitrogens with zero attached hydrogens (tertiary/aromatic N) is 1. The summed E-state index contributed by atoms with van der Waals surface area (Å²) in [5, 5.41) is 2.10. The molecule has 1 aromatic rings. The van der Waals surface area contributed by atoms with E-state index in [1.165, 1.54) is 26.3 Å². The van der Waals surface area contributed by atoms with Crippen LogP contribution in [0.2, 0.25) is 0 Å². The largest absolute Gasteiger partial charge is 0.463 e. The summed E-state index contributed by atoms with van der Waals surface area (Å²) in [5.74, 6) is -1.32. The Kier molecular flexibility index (Phi) is 4.87. The van der Waals surface area contributed by atoms with Crippen molar-refractivity contribution in [1.82, 2.24) is 9.62 Å². The molecule has 1 atom stereocenters. The maximum atomic E-state index is 12.6. The van der Waals surface area contributed by atoms with Gasteiger partial charge in [0.1, 0.15) is 6.04 Å². The maximum absolute atomic E-state index is 12.6. The summed E-state index contributed by atoms with van der Waals surface area (Å²) in [5.41, 5.74) is 0. The standard InChI is InChI=1S/C13H18N2O6S/c1-14-12(16)9-5-3-4-8-15(9)22(18,19)11-7-6-10(21-11)13(17)20-2/h6-7,9H,3-5,8H2,1-2H3,(H,14,16)/t9-/m1/s1. The number of esters is 1. The van der Waals surface area contributed by atoms with Crippen LogP contribution in [-0.4, -0.2) is 51.3 Å². The Bertz CT molecular complexity index is 666. The molecule has 0 saturated carbocycles. The van der Waals surface area contributed by atoms with Crippen LogP contribution in [0.3, 0.4) is 0 Å². The highest BCUT2D eigenvalue weighted by atomic mass is 32.2. The Balaban J connectivity index is 2.33. The van der Waals surface area contributed by atoms with Gasteiger partial charge < -0.3 is 14.5 Å². The van der Waals surface area contributed by atoms with Crippen LogP contribution in [-0.2, 0) is 19.6 Å². The lowest BCUT2D eigenvalue weighted by atomic mass is 10.0. The van der Waals surface area contributed by atoms with Crippen molar-refractivity contribution in [3.63, 3.8) is 0 Å². The van der Waals surface area contributed by atoms with Crippen molar-refractivity contribution < 1.29 is 27.2 Å². The van der Waals surface area contributed by atoms with E-state index in [0.29, 0.717) is 12.8 Å². The van der Waals surface area contributed by atoms with Crippen LogP contribution >= 0.6 is 0 Å². The molecule has 1 aliphatic rings. The van der Waals surface area contributed by atoms with Gasteiger partial charge in [-0.3, -0.25) is 4.79 Å². The molecule has 0 aromatic carbocycles. The molecular formula is C13H18N2O6S. The van der Waals surface area contributed by atoms with Crippen molar-refractivity contribution in [2.45, 2.75) is 30.4 Å². The van der Waals surface area contributed by atoms with Gasteiger partial charge in [-0.15, -0.1) is 0 Å². The molecule has 1 fully saturated rings. The third kappa shape index (κ3) is 3.00. The Hall–Kier alpha value is -1.87. The van der Waals surface area contributed by atoms with Crippen LogP contribution in [0, 0.1) is 0 Å². The van der Waals surface area contributed by atoms with E-state index in [2.05, 4.69) is 10.1 Å². The van der Waals surface area contributed by atoms with Crippen molar-refractivity contribution in [1.29, 1.82) is 0 Å². The van der Waals surface area contributed by atoms with Crippen LogP contribution in [0.15, 0.2) is 21.6 Å². The lowest BCUT2D eigenvalue weighted by Gasteiger charge is -2.32. The minimum Gasteiger partial charge on any atom is -0.463 e. The lowest BCUT2D eigenvalue weighted by molar-refractivity contribution is -0.125. The number of carbonyl (C=O) groups excluding carboxylic acids is 2. The molecule has 122 valence electrons. The smallest absolute Gasteiger partial charge is 0.374 e. The minimum absolute atomic E-state index is 0.199. The number of likely N-dealkylation sites (N-methyl/N-ethyl adjacent to an activating group) is 1. The zero-order valence-corrected chi connectivity index (χ0v) is 13.2. The molecule has 22 heavy (non-hydrogen) atoms. The van der Waals surface area contributed by atoms with E-state index in [1.807, 2.05) is 0 Å². The van der Waals surface area contributed by atoms with Crippen LogP contribution in [0.25, 0.3) is 0 Å². The van der Waals surface area contributed by atoms with E-state index in [-0.39, 0.29) is 23.3 Å². The number of piperidine rings is 1. The quantitative estimate of drug-likeness (QED) is 0.799. The number of nitrogens with one attached hydrogen (secondary N) is 1. The van der Waals surface area contributed by atoms with Gasteiger partial charge in [-0.25, -0.2) is 13.2 Å². The first-order chi connectivity index (χ1) is 10.4. The zero-order valence-electron chi connectivity index (χ0n) is 12.4. The summed E-state index contributed by atoms with van der Waals surface area (Å²) in [6.45, 7) is 0.231. The molecule has 0 bridgehead atoms. The highest BCUT2D eigenvalue weighted by Crippen LogP contribution is 2.26. The van der Waals surface area contributed by atoms with Gasteiger partial charge in [0.2, 0.25) is 16.8 Å². The first kappa shape index (κ1) is 16.5. The average Bonchev–Trinajstić information content (AvgIpc) is 3.04. The number of hydrogen-bond acceptors (Lipinski definition) is 6. The maximum Gasteiger partial charge on any atom is 0.374 e. The van der Waals surface area contributed by atoms with E-state index < -0.39 is 22.0 Å². The second-order valence-corrected chi connectivity index (χ2v) is 6.67. The highest BCUT2D eigenvalue weighted by molar-refractivity contribution is 7.89. The SMILES string of the molecule is CNC(=O)[C@H]1CCCCN1S(=O)(=O)c1ccc(C(=O)OC)o1. The molecule has 0 radical (unpaired) electrons. The Morgan fingerprint density at radius 3 is 2.73 bits per heavy atom. The molecule has 1 saturated heterocycles. The summed E-state index contributed by atoms with van der Waals surface area (Å²) in [6.07, 6.45) is 1.89. The van der Waals surface area contributed by atoms with Gasteiger partial charge in [-0.1, -0.05) is 6.42 Å². The molecule has 2 heterocycles. The van der Waals surface area contributed by atoms with E-state index in [4.69, 9.17) is 4.42 Å². The number of methoxy groups -OCH3 is 1. The fraction of sp³-hybridized carbons (Fsp3) is 0.538. The normalized spacial score (nSPS) is 19.6. The number of rotatable bonds is 4. The number of ether oxygens (including phenoxy) is 1. The third-order valence-corrected chi connectivity index (χ3v) is 5.32. The second kappa shape index (κ2) is 6.49. The van der Waals surface area contributed by atoms with Crippen LogP contribution in [0.4, 0.5) is 0 Å². The van der Waals surface area contributed by atoms with Crippen molar-refractivity contribution in [3.05, 3.63) is 17.9 Å². The first-order valence-electron chi connectivity index (χ1n) is 6.83. The predicted octanol–water partition coefficient (Wildman–Crippen LogP) is 0.355. The molecule has 9 heteroatoms. The second-order valence-electron chi connectivity index (χ2n) is 4.85. The number of hydrogen-bond donors (Lipinski definition) is 1. The van der Waals surface area contributed by atoms with Crippen molar-refractivity contribution in [2.24, 2.45) is 0 Å². The zero-order chi connectivity index (χ0) is 16.3. The number of amides is 1. The Labute approximate surface area is 128 Å². The third-order valence-electron chi connectivity index (χ3n) is 3.53. The predicted molar refractivity (Wildman–Crippen MR) is 75.6 cm³/mol. The minimum atomic E-state index is -3.99. The van der Waals surface area contributed by atoms with E-state index in [0.717, 1.165) is 10.7 Å². The van der Waals surface area contributed by atoms with E-state index in [1.54, 1.807) is 0 Å². The van der Waals surface area contributed by atoms with Crippen LogP contribution < -0.4 is 5.32 Å². The summed E-state index contributed by atoms with van der Waals surface area (Å²) in [4.78, 5) is 23.3. The molecule has 8 nitrogen and oxygen atoms in total. The number of sulfonamides is 1. The molecule has 0 spiro atoms. The van der Waals surface area contributed by atoms with E-state index in [9.17, 15) is 18.0 Å². The Morgan fingerprint density at radius 1 is 1.36 bits per heavy atom. The van der Waals surface area contributed by atoms with Crippen molar-refractivity contribution >= 4 is 21.9 Å². The molecule has 1 amide bonds. The summed E-state index contributed by atoms with van der Waals surface area (Å²) in [6, 6.07) is 1.66. The molecule has 1 aliphatic heterocycles. The average molecular weight is 330 g/mol. The van der Waals surface area contributed by atoms with Gasteiger partial charge >= 0.3 is 5.97 Å². The molecule has 1 N–H and O–H groups in total. The molecule has 1 aromatic heterocycles. The van der Waals surface area contributed by atoms with Gasteiger partial charge in [0.05, 0.1) is 7.11 Å². The van der Waals surface area contributed by atoms with Crippen molar-refractivity contribution in [2.75, 3.05) is 20.7 Å². The van der Waals surface area contributed by atoms with E-state index >= 15 is 0 Å². The van der Waals surface area contributed by atoms with Crippen LogP contribution in [0.1, 0.15) is 29.8 Å². The number of carbonyl (C=O) groups is 2. The first-order valence-corrected chi connectivity index (χ1v) is 8.27. The van der Waals surface area contributed by atoms with Gasteiger partial charge in [0.25, 0.3) is 10.0 Å². The fourth-order valence-corrected chi connectivity index (χ4v) is 3.98.